The van der Waals surface area contributed by atoms with Crippen molar-refractivity contribution in [2.75, 3.05) is 0 Å². The van der Waals surface area contributed by atoms with Gasteiger partial charge in [0.2, 0.25) is 5.70 Å². The van der Waals surface area contributed by atoms with Gasteiger partial charge in [-0.1, -0.05) is 47.1 Å². The van der Waals surface area contributed by atoms with Crippen molar-refractivity contribution < 1.29 is 27.9 Å². The van der Waals surface area contributed by atoms with Crippen LogP contribution in [0.3, 0.4) is 0 Å². The molecular weight excluding hydrogens is 515 g/mol. The Hall–Kier alpha value is -2.10. The standard InChI is InChI=1S/C33H44F3NO3/c1-19-20-8-10-30(5)24(29(20,4)18-22(37-7)27(19)40)16-23(38)26-21-17-28(2,3)12-14-32(21,15-13-31(26,30)6)25(39)9-11-33(34,35)36/h16,19-21,26,40H,8-15,17-18H2,1-6H3/t19-,20-,21-,26-,29-,30+,31+,32-/m0/s1. The molecule has 4 nitrogen and oxygen atoms in total. The number of Topliss-reactive ketones (excluding diaryl/α,β-unsaturated/α-hetero) is 1. The van der Waals surface area contributed by atoms with Gasteiger partial charge in [-0.25, -0.2) is 4.85 Å². The zero-order valence-corrected chi connectivity index (χ0v) is 24.8. The molecular formula is C33H44F3NO3. The van der Waals surface area contributed by atoms with Crippen LogP contribution in [-0.2, 0) is 9.59 Å². The molecule has 1 N–H and O–H groups in total. The molecule has 0 unspecified atom stereocenters. The van der Waals surface area contributed by atoms with E-state index >= 15 is 0 Å². The van der Waals surface area contributed by atoms with Gasteiger partial charge in [-0.2, -0.15) is 13.2 Å². The minimum absolute atomic E-state index is 0.00281. The second-order valence-electron chi connectivity index (χ2n) is 15.3. The van der Waals surface area contributed by atoms with E-state index in [4.69, 9.17) is 6.57 Å². The Morgan fingerprint density at radius 1 is 1.07 bits per heavy atom. The zero-order chi connectivity index (χ0) is 29.7. The number of ketones is 2. The lowest BCUT2D eigenvalue weighted by Crippen LogP contribution is -2.65. The number of carbonyl (C=O) groups excluding carboxylic acids is 2. The molecule has 0 amide bonds. The van der Waals surface area contributed by atoms with Gasteiger partial charge in [0.15, 0.2) is 5.78 Å². The van der Waals surface area contributed by atoms with Crippen molar-refractivity contribution in [1.82, 2.24) is 0 Å². The fourth-order valence-electron chi connectivity index (χ4n) is 10.5. The van der Waals surface area contributed by atoms with Crippen molar-refractivity contribution >= 4 is 11.6 Å². The summed E-state index contributed by atoms with van der Waals surface area (Å²) in [7, 11) is 0. The predicted molar refractivity (Wildman–Crippen MR) is 147 cm³/mol. The van der Waals surface area contributed by atoms with Gasteiger partial charge < -0.3 is 5.11 Å². The zero-order valence-electron chi connectivity index (χ0n) is 24.8. The fourth-order valence-corrected chi connectivity index (χ4v) is 10.5. The molecule has 40 heavy (non-hydrogen) atoms. The van der Waals surface area contributed by atoms with E-state index in [1.54, 1.807) is 0 Å². The molecule has 0 bridgehead atoms. The van der Waals surface area contributed by atoms with Crippen molar-refractivity contribution in [2.45, 2.75) is 112 Å². The number of aliphatic hydroxyl groups is 1. The van der Waals surface area contributed by atoms with Crippen molar-refractivity contribution in [3.63, 3.8) is 0 Å². The van der Waals surface area contributed by atoms with Crippen LogP contribution in [0, 0.1) is 57.3 Å². The SMILES string of the molecule is [C-]#[N+]C1=C(O)[C@@H](C)[C@@H]2CC[C@]3(C)C(=CC(=O)[C@@H]4[C@@H]5CC(C)(C)CC[C@]5(C(=O)CCC(F)(F)F)CC[C@]43C)[C@@]2(C)C1. The molecule has 5 rings (SSSR count). The highest BCUT2D eigenvalue weighted by Crippen LogP contribution is 2.74. The Morgan fingerprint density at radius 3 is 2.35 bits per heavy atom. The van der Waals surface area contributed by atoms with E-state index in [2.05, 4.69) is 39.5 Å². The van der Waals surface area contributed by atoms with Crippen LogP contribution in [0.5, 0.6) is 0 Å². The first-order valence-electron chi connectivity index (χ1n) is 15.0. The summed E-state index contributed by atoms with van der Waals surface area (Å²) in [6.07, 6.45) is 1.06. The topological polar surface area (TPSA) is 58.7 Å². The molecule has 0 radical (unpaired) electrons. The Labute approximate surface area is 236 Å². The molecule has 5 aliphatic rings. The van der Waals surface area contributed by atoms with Gasteiger partial charge in [0.25, 0.3) is 0 Å². The van der Waals surface area contributed by atoms with Crippen LogP contribution < -0.4 is 0 Å². The molecule has 0 heterocycles. The van der Waals surface area contributed by atoms with Gasteiger partial charge in [-0.15, -0.1) is 0 Å². The number of rotatable bonds is 3. The minimum atomic E-state index is -4.39. The molecule has 3 fully saturated rings. The number of hydrogen-bond donors (Lipinski definition) is 1. The monoisotopic (exact) mass is 559 g/mol. The van der Waals surface area contributed by atoms with Crippen molar-refractivity contribution in [1.29, 1.82) is 0 Å². The maximum Gasteiger partial charge on any atom is 0.389 e. The first-order chi connectivity index (χ1) is 18.4. The number of hydrogen-bond acceptors (Lipinski definition) is 3. The van der Waals surface area contributed by atoms with Crippen molar-refractivity contribution in [3.8, 4) is 0 Å². The van der Waals surface area contributed by atoms with Crippen LogP contribution in [0.25, 0.3) is 4.85 Å². The Morgan fingerprint density at radius 2 is 1.73 bits per heavy atom. The molecule has 0 spiro atoms. The fraction of sp³-hybridized carbons (Fsp3) is 0.788. The molecule has 5 aliphatic carbocycles. The molecule has 0 aromatic carbocycles. The average Bonchev–Trinajstić information content (AvgIpc) is 2.85. The quantitative estimate of drug-likeness (QED) is 0.352. The van der Waals surface area contributed by atoms with Gasteiger partial charge in [-0.05, 0) is 90.9 Å². The number of alkyl halides is 3. The first-order valence-corrected chi connectivity index (χ1v) is 15.0. The van der Waals surface area contributed by atoms with E-state index in [1.807, 2.05) is 13.0 Å². The Balaban J connectivity index is 1.61. The number of aliphatic hydroxyl groups excluding tert-OH is 1. The summed E-state index contributed by atoms with van der Waals surface area (Å²) in [5.74, 6) is -0.880. The first kappa shape index (κ1) is 29.4. The van der Waals surface area contributed by atoms with E-state index < -0.39 is 41.2 Å². The van der Waals surface area contributed by atoms with Crippen molar-refractivity contribution in [3.05, 3.63) is 34.5 Å². The van der Waals surface area contributed by atoms with Crippen LogP contribution in [-0.4, -0.2) is 22.8 Å². The molecule has 0 aliphatic heterocycles. The average molecular weight is 560 g/mol. The summed E-state index contributed by atoms with van der Waals surface area (Å²) in [6.45, 7) is 20.6. The third kappa shape index (κ3) is 3.97. The molecule has 220 valence electrons. The highest BCUT2D eigenvalue weighted by atomic mass is 19.4. The van der Waals surface area contributed by atoms with Gasteiger partial charge >= 0.3 is 6.18 Å². The van der Waals surface area contributed by atoms with E-state index in [1.165, 1.54) is 0 Å². The number of fused-ring (bicyclic) bond motifs is 7. The van der Waals surface area contributed by atoms with Crippen LogP contribution in [0.2, 0.25) is 0 Å². The van der Waals surface area contributed by atoms with E-state index in [9.17, 15) is 27.9 Å². The summed E-state index contributed by atoms with van der Waals surface area (Å²) in [6, 6.07) is 0. The lowest BCUT2D eigenvalue weighted by atomic mass is 9.34. The normalized spacial score (nSPS) is 44.4. The molecule has 0 aromatic rings. The van der Waals surface area contributed by atoms with Crippen molar-refractivity contribution in [2.24, 2.45) is 50.7 Å². The summed E-state index contributed by atoms with van der Waals surface area (Å²) < 4.78 is 39.5. The van der Waals surface area contributed by atoms with Gasteiger partial charge in [0.1, 0.15) is 5.78 Å². The third-order valence-electron chi connectivity index (χ3n) is 12.9. The third-order valence-corrected chi connectivity index (χ3v) is 12.9. The summed E-state index contributed by atoms with van der Waals surface area (Å²) in [5, 5.41) is 10.8. The second kappa shape index (κ2) is 8.95. The van der Waals surface area contributed by atoms with E-state index in [-0.39, 0.29) is 45.9 Å². The maximum absolute atomic E-state index is 14.4. The minimum Gasteiger partial charge on any atom is -0.523 e. The number of nitrogens with zero attached hydrogens (tertiary/aromatic N) is 1. The molecule has 0 saturated heterocycles. The molecule has 7 heteroatoms. The largest absolute Gasteiger partial charge is 0.523 e. The highest BCUT2D eigenvalue weighted by molar-refractivity contribution is 5.97. The van der Waals surface area contributed by atoms with Gasteiger partial charge in [-0.3, -0.25) is 9.59 Å². The number of halogens is 3. The summed E-state index contributed by atoms with van der Waals surface area (Å²) in [5.41, 5.74) is -0.760. The predicted octanol–water partition coefficient (Wildman–Crippen LogP) is 8.79. The van der Waals surface area contributed by atoms with Crippen LogP contribution >= 0.6 is 0 Å². The lowest BCUT2D eigenvalue weighted by Gasteiger charge is -2.69. The summed E-state index contributed by atoms with van der Waals surface area (Å²) in [4.78, 5) is 31.8. The van der Waals surface area contributed by atoms with Gasteiger partial charge in [0.05, 0.1) is 18.8 Å². The Bertz CT molecular complexity index is 1240. The second-order valence-corrected chi connectivity index (χ2v) is 15.3. The van der Waals surface area contributed by atoms with Crippen LogP contribution in [0.1, 0.15) is 106 Å². The molecule has 8 atom stereocenters. The number of carbonyl (C=O) groups is 2. The number of allylic oxidation sites excluding steroid dienone is 4. The Kier molecular flexibility index (Phi) is 6.58. The van der Waals surface area contributed by atoms with Crippen LogP contribution in [0.4, 0.5) is 13.2 Å². The van der Waals surface area contributed by atoms with E-state index in [0.717, 1.165) is 24.8 Å². The highest BCUT2D eigenvalue weighted by Gasteiger charge is 2.70. The maximum atomic E-state index is 14.4. The smallest absolute Gasteiger partial charge is 0.389 e. The van der Waals surface area contributed by atoms with Gasteiger partial charge in [0, 0.05) is 23.7 Å². The summed E-state index contributed by atoms with van der Waals surface area (Å²) >= 11 is 0. The molecule has 3 saturated carbocycles. The molecule has 0 aromatic heterocycles. The lowest BCUT2D eigenvalue weighted by molar-refractivity contribution is -0.180. The van der Waals surface area contributed by atoms with Crippen LogP contribution in [0.15, 0.2) is 23.1 Å². The van der Waals surface area contributed by atoms with E-state index in [0.29, 0.717) is 37.8 Å².